The number of rotatable bonds is 4. The van der Waals surface area contributed by atoms with Gasteiger partial charge in [-0.3, -0.25) is 4.79 Å². The minimum atomic E-state index is -4.47. The Balaban J connectivity index is 2.00. The second-order valence-corrected chi connectivity index (χ2v) is 8.02. The van der Waals surface area contributed by atoms with Crippen LogP contribution in [0.5, 0.6) is 0 Å². The van der Waals surface area contributed by atoms with E-state index in [9.17, 15) is 18.0 Å². The number of carbonyl (C=O) groups excluding carboxylic acids is 1. The summed E-state index contributed by atoms with van der Waals surface area (Å²) in [6, 6.07) is 1.21. The molecule has 0 bridgehead atoms. The number of nitrogens with one attached hydrogen (secondary N) is 2. The fourth-order valence-corrected chi connectivity index (χ4v) is 4.15. The number of aromatic nitrogens is 2. The van der Waals surface area contributed by atoms with Gasteiger partial charge in [-0.25, -0.2) is 4.68 Å². The Morgan fingerprint density at radius 2 is 2.31 bits per heavy atom. The molecule has 0 saturated heterocycles. The summed E-state index contributed by atoms with van der Waals surface area (Å²) in [5, 5.41) is 11.6. The fourth-order valence-electron chi connectivity index (χ4n) is 2.80. The van der Waals surface area contributed by atoms with Crippen LogP contribution in [0.1, 0.15) is 54.1 Å². The fraction of sp³-hybridized carbons (Fsp3) is 0.500. The number of hydrogen-bond donors (Lipinski definition) is 2. The summed E-state index contributed by atoms with van der Waals surface area (Å²) < 4.78 is 42.0. The number of thiophene rings is 1. The number of anilines is 1. The number of halogens is 4. The number of amides is 1. The van der Waals surface area contributed by atoms with E-state index in [0.717, 1.165) is 9.56 Å². The molecule has 5 nitrogen and oxygen atoms in total. The first kappa shape index (κ1) is 19.2. The standard InChI is InChI=1S/C16H18BrF3N4OS/c1-3-8(2)21-15(25)13-12(17)14-22-9(10-5-4-6-26-10)7-11(16(18,19)20)24(14)23-13/h4-6,8-9,11,22H,3,7H2,1-2H3,(H,21,25)/t8-,9-,11-/m0/s1. The van der Waals surface area contributed by atoms with Gasteiger partial charge in [0.1, 0.15) is 5.82 Å². The molecule has 0 aromatic carbocycles. The highest BCUT2D eigenvalue weighted by molar-refractivity contribution is 9.10. The minimum absolute atomic E-state index is 0.0473. The summed E-state index contributed by atoms with van der Waals surface area (Å²) in [5.74, 6) is -0.324. The maximum absolute atomic E-state index is 13.6. The zero-order chi connectivity index (χ0) is 19.1. The molecule has 10 heteroatoms. The lowest BCUT2D eigenvalue weighted by molar-refractivity contribution is -0.173. The van der Waals surface area contributed by atoms with Crippen molar-refractivity contribution in [2.24, 2.45) is 0 Å². The van der Waals surface area contributed by atoms with E-state index in [-0.39, 0.29) is 28.4 Å². The first-order valence-electron chi connectivity index (χ1n) is 8.17. The normalized spacial score (nSPS) is 21.0. The van der Waals surface area contributed by atoms with E-state index in [2.05, 4.69) is 31.7 Å². The van der Waals surface area contributed by atoms with Crippen LogP contribution in [-0.2, 0) is 0 Å². The van der Waals surface area contributed by atoms with Crippen LogP contribution in [0.15, 0.2) is 22.0 Å². The van der Waals surface area contributed by atoms with Crippen molar-refractivity contribution in [3.63, 3.8) is 0 Å². The molecule has 142 valence electrons. The molecule has 2 aromatic heterocycles. The lowest BCUT2D eigenvalue weighted by atomic mass is 10.0. The summed E-state index contributed by atoms with van der Waals surface area (Å²) >= 11 is 4.66. The summed E-state index contributed by atoms with van der Waals surface area (Å²) in [6.45, 7) is 3.73. The Bertz CT molecular complexity index is 790. The molecule has 0 radical (unpaired) electrons. The van der Waals surface area contributed by atoms with Crippen LogP contribution in [-0.4, -0.2) is 27.9 Å². The smallest absolute Gasteiger partial charge is 0.362 e. The second-order valence-electron chi connectivity index (χ2n) is 6.24. The van der Waals surface area contributed by atoms with E-state index in [4.69, 9.17) is 0 Å². The van der Waals surface area contributed by atoms with Gasteiger partial charge >= 0.3 is 6.18 Å². The number of carbonyl (C=O) groups is 1. The van der Waals surface area contributed by atoms with E-state index in [1.165, 1.54) is 11.3 Å². The van der Waals surface area contributed by atoms with Gasteiger partial charge < -0.3 is 10.6 Å². The SMILES string of the molecule is CC[C@H](C)NC(=O)c1nn2c(c1Br)N[C@H](c1cccs1)C[C@H]2C(F)(F)F. The van der Waals surface area contributed by atoms with E-state index < -0.39 is 24.2 Å². The van der Waals surface area contributed by atoms with E-state index in [1.807, 2.05) is 19.2 Å². The zero-order valence-corrected chi connectivity index (χ0v) is 16.5. The Labute approximate surface area is 161 Å². The number of fused-ring (bicyclic) bond motifs is 1. The largest absolute Gasteiger partial charge is 0.410 e. The van der Waals surface area contributed by atoms with Gasteiger partial charge in [-0.15, -0.1) is 11.3 Å². The average Bonchev–Trinajstić information content (AvgIpc) is 3.21. The maximum atomic E-state index is 13.6. The molecule has 1 aliphatic rings. The number of alkyl halides is 3. The van der Waals surface area contributed by atoms with Gasteiger partial charge in [0.15, 0.2) is 11.7 Å². The van der Waals surface area contributed by atoms with Crippen molar-refractivity contribution in [1.82, 2.24) is 15.1 Å². The minimum Gasteiger partial charge on any atom is -0.362 e. The summed E-state index contributed by atoms with van der Waals surface area (Å²) in [5.41, 5.74) is -0.0473. The highest BCUT2D eigenvalue weighted by Gasteiger charge is 2.48. The van der Waals surface area contributed by atoms with Gasteiger partial charge in [-0.05, 0) is 40.7 Å². The summed E-state index contributed by atoms with van der Waals surface area (Å²) in [4.78, 5) is 13.2. The van der Waals surface area contributed by atoms with Gasteiger partial charge in [0.25, 0.3) is 5.91 Å². The van der Waals surface area contributed by atoms with Crippen LogP contribution in [0.2, 0.25) is 0 Å². The molecule has 3 atom stereocenters. The Kier molecular flexibility index (Phi) is 5.34. The first-order chi connectivity index (χ1) is 12.2. The van der Waals surface area contributed by atoms with Crippen molar-refractivity contribution >= 4 is 39.0 Å². The molecule has 0 aliphatic carbocycles. The van der Waals surface area contributed by atoms with Crippen LogP contribution in [0.4, 0.5) is 19.0 Å². The van der Waals surface area contributed by atoms with Crippen LogP contribution < -0.4 is 10.6 Å². The van der Waals surface area contributed by atoms with E-state index in [0.29, 0.717) is 6.42 Å². The Morgan fingerprint density at radius 1 is 1.58 bits per heavy atom. The first-order valence-corrected chi connectivity index (χ1v) is 9.85. The van der Waals surface area contributed by atoms with Gasteiger partial charge in [0.2, 0.25) is 0 Å². The molecule has 1 amide bonds. The molecule has 0 spiro atoms. The van der Waals surface area contributed by atoms with Crippen molar-refractivity contribution in [3.05, 3.63) is 32.6 Å². The molecule has 0 fully saturated rings. The van der Waals surface area contributed by atoms with E-state index >= 15 is 0 Å². The van der Waals surface area contributed by atoms with Crippen molar-refractivity contribution < 1.29 is 18.0 Å². The summed E-state index contributed by atoms with van der Waals surface area (Å²) in [7, 11) is 0. The highest BCUT2D eigenvalue weighted by atomic mass is 79.9. The molecule has 2 N–H and O–H groups in total. The predicted octanol–water partition coefficient (Wildman–Crippen LogP) is 4.90. The lowest BCUT2D eigenvalue weighted by Crippen LogP contribution is -2.36. The monoisotopic (exact) mass is 450 g/mol. The third kappa shape index (κ3) is 3.62. The molecule has 3 rings (SSSR count). The predicted molar refractivity (Wildman–Crippen MR) is 97.5 cm³/mol. The van der Waals surface area contributed by atoms with Gasteiger partial charge in [0.05, 0.1) is 10.5 Å². The molecule has 2 aromatic rings. The van der Waals surface area contributed by atoms with Gasteiger partial charge in [-0.1, -0.05) is 13.0 Å². The van der Waals surface area contributed by atoms with Gasteiger partial charge in [-0.2, -0.15) is 18.3 Å². The quantitative estimate of drug-likeness (QED) is 0.696. The Hall–Kier alpha value is -1.55. The molecule has 0 saturated carbocycles. The number of hydrogen-bond acceptors (Lipinski definition) is 4. The van der Waals surface area contributed by atoms with Crippen molar-refractivity contribution in [2.45, 2.75) is 51.0 Å². The van der Waals surface area contributed by atoms with Crippen molar-refractivity contribution in [3.8, 4) is 0 Å². The zero-order valence-electron chi connectivity index (χ0n) is 14.1. The lowest BCUT2D eigenvalue weighted by Gasteiger charge is -2.33. The highest BCUT2D eigenvalue weighted by Crippen LogP contribution is 2.46. The topological polar surface area (TPSA) is 59.0 Å². The summed E-state index contributed by atoms with van der Waals surface area (Å²) in [6.07, 6.45) is -3.94. The molecule has 3 heterocycles. The Morgan fingerprint density at radius 3 is 2.88 bits per heavy atom. The molecule has 1 aliphatic heterocycles. The van der Waals surface area contributed by atoms with E-state index in [1.54, 1.807) is 12.1 Å². The third-order valence-electron chi connectivity index (χ3n) is 4.39. The molecule has 0 unspecified atom stereocenters. The molecular weight excluding hydrogens is 433 g/mol. The van der Waals surface area contributed by atoms with Crippen LogP contribution in [0.3, 0.4) is 0 Å². The third-order valence-corrected chi connectivity index (χ3v) is 6.12. The average molecular weight is 451 g/mol. The molecule has 26 heavy (non-hydrogen) atoms. The van der Waals surface area contributed by atoms with Crippen LogP contribution in [0.25, 0.3) is 0 Å². The van der Waals surface area contributed by atoms with Crippen molar-refractivity contribution in [1.29, 1.82) is 0 Å². The van der Waals surface area contributed by atoms with Crippen LogP contribution in [0, 0.1) is 0 Å². The van der Waals surface area contributed by atoms with Crippen LogP contribution >= 0.6 is 27.3 Å². The van der Waals surface area contributed by atoms with Gasteiger partial charge in [0, 0.05) is 17.3 Å². The number of nitrogens with zero attached hydrogens (tertiary/aromatic N) is 2. The maximum Gasteiger partial charge on any atom is 0.410 e. The second kappa shape index (κ2) is 7.22. The van der Waals surface area contributed by atoms with Crippen molar-refractivity contribution in [2.75, 3.05) is 5.32 Å². The molecular formula is C16H18BrF3N4OS.